The molecule has 1 aromatic rings. The van der Waals surface area contributed by atoms with Gasteiger partial charge in [0.1, 0.15) is 12.4 Å². The molecule has 0 aromatic carbocycles. The minimum absolute atomic E-state index is 0.350. The van der Waals surface area contributed by atoms with E-state index in [1.165, 1.54) is 0 Å². The minimum atomic E-state index is 0.350. The van der Waals surface area contributed by atoms with Crippen LogP contribution in [0.2, 0.25) is 0 Å². The molecule has 0 aliphatic heterocycles. The smallest absolute Gasteiger partial charge is 0.190 e. The fourth-order valence-corrected chi connectivity index (χ4v) is 0.879. The van der Waals surface area contributed by atoms with Gasteiger partial charge in [-0.25, -0.2) is 0 Å². The summed E-state index contributed by atoms with van der Waals surface area (Å²) in [6, 6.07) is 3.46. The van der Waals surface area contributed by atoms with Crippen molar-refractivity contribution in [2.45, 2.75) is 13.5 Å². The molecule has 3 N–H and O–H groups in total. The first kappa shape index (κ1) is 9.51. The third-order valence-electron chi connectivity index (χ3n) is 1.45. The van der Waals surface area contributed by atoms with Crippen LogP contribution in [0.4, 0.5) is 5.88 Å². The molecule has 1 aromatic heterocycles. The zero-order valence-electron chi connectivity index (χ0n) is 7.67. The van der Waals surface area contributed by atoms with Crippen molar-refractivity contribution in [3.05, 3.63) is 30.4 Å². The largest absolute Gasteiger partial charge is 0.472 e. The summed E-state index contributed by atoms with van der Waals surface area (Å²) in [6.45, 7) is 6.77. The number of hydrogen-bond acceptors (Lipinski definition) is 4. The Bertz CT molecular complexity index is 281. The van der Waals surface area contributed by atoms with E-state index >= 15 is 0 Å². The second-order valence-corrected chi connectivity index (χ2v) is 2.55. The molecule has 0 aliphatic rings. The summed E-state index contributed by atoms with van der Waals surface area (Å²) >= 11 is 0. The van der Waals surface area contributed by atoms with E-state index in [1.54, 1.807) is 12.1 Å². The van der Waals surface area contributed by atoms with E-state index in [0.29, 0.717) is 24.1 Å². The van der Waals surface area contributed by atoms with Crippen molar-refractivity contribution in [2.24, 2.45) is 0 Å². The lowest BCUT2D eigenvalue weighted by Crippen LogP contribution is -2.13. The highest BCUT2D eigenvalue weighted by molar-refractivity contribution is 5.24. The number of ether oxygens (including phenoxy) is 1. The summed E-state index contributed by atoms with van der Waals surface area (Å²) in [5.41, 5.74) is 5.38. The van der Waals surface area contributed by atoms with Gasteiger partial charge in [-0.3, -0.25) is 0 Å². The van der Waals surface area contributed by atoms with Gasteiger partial charge >= 0.3 is 0 Å². The van der Waals surface area contributed by atoms with Crippen LogP contribution in [0.5, 0.6) is 0 Å². The summed E-state index contributed by atoms with van der Waals surface area (Å²) in [6.07, 6.45) is 0. The average molecular weight is 182 g/mol. The molecule has 0 saturated carbocycles. The molecule has 0 aliphatic carbocycles. The summed E-state index contributed by atoms with van der Waals surface area (Å²) < 4.78 is 10.3. The maximum Gasteiger partial charge on any atom is 0.190 e. The molecular formula is C9H14N2O2. The van der Waals surface area contributed by atoms with Crippen molar-refractivity contribution in [2.75, 3.05) is 12.3 Å². The average Bonchev–Trinajstić information content (AvgIpc) is 2.49. The van der Waals surface area contributed by atoms with Crippen molar-refractivity contribution in [1.29, 1.82) is 0 Å². The fourth-order valence-electron chi connectivity index (χ4n) is 0.879. The van der Waals surface area contributed by atoms with Gasteiger partial charge < -0.3 is 20.2 Å². The SMILES string of the molecule is C=C(NCC)OCc1ccc(N)o1. The van der Waals surface area contributed by atoms with Crippen LogP contribution >= 0.6 is 0 Å². The standard InChI is InChI=1S/C9H14N2O2/c1-3-11-7(2)12-6-8-4-5-9(10)13-8/h4-5,11H,2-3,6,10H2,1H3. The number of nitrogens with one attached hydrogen (secondary N) is 1. The van der Waals surface area contributed by atoms with Gasteiger partial charge in [-0.1, -0.05) is 0 Å². The Kier molecular flexibility index (Phi) is 3.25. The normalized spacial score (nSPS) is 9.62. The number of furan rings is 1. The first-order chi connectivity index (χ1) is 6.22. The van der Waals surface area contributed by atoms with Crippen LogP contribution in [0.3, 0.4) is 0 Å². The molecule has 0 fully saturated rings. The van der Waals surface area contributed by atoms with Gasteiger partial charge in [0.15, 0.2) is 11.8 Å². The number of rotatable bonds is 5. The van der Waals surface area contributed by atoms with E-state index < -0.39 is 0 Å². The second kappa shape index (κ2) is 4.45. The van der Waals surface area contributed by atoms with E-state index in [4.69, 9.17) is 14.9 Å². The highest BCUT2D eigenvalue weighted by atomic mass is 16.5. The van der Waals surface area contributed by atoms with Crippen molar-refractivity contribution in [3.8, 4) is 0 Å². The van der Waals surface area contributed by atoms with Gasteiger partial charge in [-0.15, -0.1) is 0 Å². The van der Waals surface area contributed by atoms with Gasteiger partial charge in [0.05, 0.1) is 0 Å². The lowest BCUT2D eigenvalue weighted by molar-refractivity contribution is 0.162. The molecule has 4 nitrogen and oxygen atoms in total. The highest BCUT2D eigenvalue weighted by Crippen LogP contribution is 2.10. The molecule has 1 rings (SSSR count). The lowest BCUT2D eigenvalue weighted by Gasteiger charge is -2.07. The van der Waals surface area contributed by atoms with Crippen molar-refractivity contribution in [3.63, 3.8) is 0 Å². The van der Waals surface area contributed by atoms with Crippen LogP contribution in [0, 0.1) is 0 Å². The van der Waals surface area contributed by atoms with Crippen molar-refractivity contribution in [1.82, 2.24) is 5.32 Å². The quantitative estimate of drug-likeness (QED) is 0.677. The summed E-state index contributed by atoms with van der Waals surface area (Å²) in [5, 5.41) is 2.93. The molecule has 1 heterocycles. The first-order valence-corrected chi connectivity index (χ1v) is 4.12. The monoisotopic (exact) mass is 182 g/mol. The van der Waals surface area contributed by atoms with E-state index in [-0.39, 0.29) is 0 Å². The van der Waals surface area contributed by atoms with Gasteiger partial charge in [0.25, 0.3) is 0 Å². The molecule has 0 unspecified atom stereocenters. The highest BCUT2D eigenvalue weighted by Gasteiger charge is 1.99. The van der Waals surface area contributed by atoms with Crippen molar-refractivity contribution < 1.29 is 9.15 Å². The molecule has 0 bridgehead atoms. The van der Waals surface area contributed by atoms with Crippen LogP contribution in [0.25, 0.3) is 0 Å². The number of hydrogen-bond donors (Lipinski definition) is 2. The van der Waals surface area contributed by atoms with E-state index in [2.05, 4.69) is 11.9 Å². The molecule has 0 saturated heterocycles. The number of nitrogen functional groups attached to an aromatic ring is 1. The third kappa shape index (κ3) is 3.11. The number of nitrogens with two attached hydrogens (primary N) is 1. The van der Waals surface area contributed by atoms with Crippen LogP contribution in [0.15, 0.2) is 29.0 Å². The molecule has 13 heavy (non-hydrogen) atoms. The molecule has 0 atom stereocenters. The molecular weight excluding hydrogens is 168 g/mol. The molecule has 72 valence electrons. The van der Waals surface area contributed by atoms with Gasteiger partial charge in [0.2, 0.25) is 0 Å². The van der Waals surface area contributed by atoms with Crippen LogP contribution in [0.1, 0.15) is 12.7 Å². The zero-order chi connectivity index (χ0) is 9.68. The Balaban J connectivity index is 2.30. The summed E-state index contributed by atoms with van der Waals surface area (Å²) in [7, 11) is 0. The van der Waals surface area contributed by atoms with E-state index in [0.717, 1.165) is 6.54 Å². The Hall–Kier alpha value is -1.58. The predicted molar refractivity (Wildman–Crippen MR) is 50.7 cm³/mol. The van der Waals surface area contributed by atoms with E-state index in [9.17, 15) is 0 Å². The Morgan fingerprint density at radius 3 is 3.00 bits per heavy atom. The second-order valence-electron chi connectivity index (χ2n) is 2.55. The Labute approximate surface area is 77.4 Å². The fraction of sp³-hybridized carbons (Fsp3) is 0.333. The Morgan fingerprint density at radius 2 is 2.46 bits per heavy atom. The maximum atomic E-state index is 5.38. The van der Waals surface area contributed by atoms with E-state index in [1.807, 2.05) is 6.92 Å². The molecule has 4 heteroatoms. The molecule has 0 spiro atoms. The van der Waals surface area contributed by atoms with Crippen LogP contribution < -0.4 is 11.1 Å². The first-order valence-electron chi connectivity index (χ1n) is 4.12. The lowest BCUT2D eigenvalue weighted by atomic mass is 10.5. The van der Waals surface area contributed by atoms with Gasteiger partial charge in [-0.2, -0.15) is 0 Å². The molecule has 0 amide bonds. The minimum Gasteiger partial charge on any atom is -0.472 e. The maximum absolute atomic E-state index is 5.38. The summed E-state index contributed by atoms with van der Waals surface area (Å²) in [4.78, 5) is 0. The van der Waals surface area contributed by atoms with Crippen LogP contribution in [-0.4, -0.2) is 6.54 Å². The predicted octanol–water partition coefficient (Wildman–Crippen LogP) is 1.46. The van der Waals surface area contributed by atoms with Gasteiger partial charge in [0, 0.05) is 12.6 Å². The van der Waals surface area contributed by atoms with Crippen molar-refractivity contribution >= 4 is 5.88 Å². The topological polar surface area (TPSA) is 60.4 Å². The summed E-state index contributed by atoms with van der Waals surface area (Å²) in [5.74, 6) is 1.63. The third-order valence-corrected chi connectivity index (χ3v) is 1.45. The van der Waals surface area contributed by atoms with Crippen LogP contribution in [-0.2, 0) is 11.3 Å². The number of anilines is 1. The zero-order valence-corrected chi connectivity index (χ0v) is 7.67. The Morgan fingerprint density at radius 1 is 1.69 bits per heavy atom. The van der Waals surface area contributed by atoms with Gasteiger partial charge in [-0.05, 0) is 19.6 Å². The molecule has 0 radical (unpaired) electrons.